The first kappa shape index (κ1) is 14.1. The summed E-state index contributed by atoms with van der Waals surface area (Å²) in [5.74, 6) is -1.69. The molecule has 0 atom stereocenters. The lowest BCUT2D eigenvalue weighted by Crippen LogP contribution is -2.17. The Balaban J connectivity index is 2.09. The van der Waals surface area contributed by atoms with Crippen LogP contribution in [0.1, 0.15) is 15.9 Å². The fraction of sp³-hybridized carbons (Fsp3) is 0. The Morgan fingerprint density at radius 2 is 1.95 bits per heavy atom. The second-order valence-electron chi connectivity index (χ2n) is 3.84. The lowest BCUT2D eigenvalue weighted by atomic mass is 10.2. The third-order valence-electron chi connectivity index (χ3n) is 2.45. The largest absolute Gasteiger partial charge is 0.271 e. The molecule has 0 aliphatic rings. The minimum Gasteiger partial charge on any atom is -0.267 e. The van der Waals surface area contributed by atoms with Crippen LogP contribution in [0.15, 0.2) is 47.6 Å². The lowest BCUT2D eigenvalue weighted by Gasteiger charge is -2.01. The third-order valence-corrected chi connectivity index (χ3v) is 2.78. The van der Waals surface area contributed by atoms with Crippen molar-refractivity contribution in [2.75, 3.05) is 0 Å². The van der Waals surface area contributed by atoms with Crippen molar-refractivity contribution in [1.29, 1.82) is 0 Å². The van der Waals surface area contributed by atoms with Crippen LogP contribution in [0.3, 0.4) is 0 Å². The molecule has 0 bridgehead atoms. The molecule has 2 rings (SSSR count). The van der Waals surface area contributed by atoms with E-state index in [0.29, 0.717) is 0 Å². The van der Waals surface area contributed by atoms with Gasteiger partial charge in [-0.1, -0.05) is 23.7 Å². The summed E-state index contributed by atoms with van der Waals surface area (Å²) in [5, 5.41) is 3.77. The van der Waals surface area contributed by atoms with E-state index in [1.165, 1.54) is 36.4 Å². The maximum absolute atomic E-state index is 13.4. The van der Waals surface area contributed by atoms with Crippen LogP contribution in [0.2, 0.25) is 5.02 Å². The van der Waals surface area contributed by atoms with Crippen LogP contribution < -0.4 is 5.43 Å². The van der Waals surface area contributed by atoms with Crippen LogP contribution in [0.25, 0.3) is 0 Å². The van der Waals surface area contributed by atoms with Crippen LogP contribution in [0, 0.1) is 11.6 Å². The van der Waals surface area contributed by atoms with Gasteiger partial charge in [0.2, 0.25) is 0 Å². The number of carbonyl (C=O) groups is 1. The minimum atomic E-state index is -0.604. The van der Waals surface area contributed by atoms with Crippen molar-refractivity contribution < 1.29 is 13.6 Å². The van der Waals surface area contributed by atoms with Gasteiger partial charge in [-0.2, -0.15) is 5.10 Å². The van der Waals surface area contributed by atoms with Gasteiger partial charge < -0.3 is 0 Å². The standard InChI is InChI=1S/C14H9ClF2N2O/c15-12-5-2-6-13(17)11(12)8-18-19-14(20)9-3-1-4-10(16)7-9/h1-8H,(H,19,20). The fourth-order valence-corrected chi connectivity index (χ4v) is 1.70. The van der Waals surface area contributed by atoms with E-state index in [9.17, 15) is 13.6 Å². The maximum Gasteiger partial charge on any atom is 0.271 e. The molecule has 2 aromatic carbocycles. The van der Waals surface area contributed by atoms with Gasteiger partial charge in [-0.15, -0.1) is 0 Å². The van der Waals surface area contributed by atoms with Gasteiger partial charge in [0.1, 0.15) is 11.6 Å². The molecule has 0 heterocycles. The number of nitrogens with one attached hydrogen (secondary N) is 1. The summed E-state index contributed by atoms with van der Waals surface area (Å²) >= 11 is 5.79. The second kappa shape index (κ2) is 6.25. The van der Waals surface area contributed by atoms with Gasteiger partial charge in [0.25, 0.3) is 5.91 Å². The summed E-state index contributed by atoms with van der Waals surface area (Å²) in [7, 11) is 0. The second-order valence-corrected chi connectivity index (χ2v) is 4.25. The number of nitrogens with zero attached hydrogens (tertiary/aromatic N) is 1. The van der Waals surface area contributed by atoms with Gasteiger partial charge in [0.05, 0.1) is 11.2 Å². The number of hydrazone groups is 1. The smallest absolute Gasteiger partial charge is 0.267 e. The quantitative estimate of drug-likeness (QED) is 0.684. The topological polar surface area (TPSA) is 41.5 Å². The molecule has 102 valence electrons. The van der Waals surface area contributed by atoms with Crippen molar-refractivity contribution in [3.05, 3.63) is 70.2 Å². The molecule has 20 heavy (non-hydrogen) atoms. The normalized spacial score (nSPS) is 10.8. The third kappa shape index (κ3) is 3.39. The zero-order valence-corrected chi connectivity index (χ0v) is 10.9. The Morgan fingerprint density at radius 3 is 2.65 bits per heavy atom. The molecule has 0 spiro atoms. The summed E-state index contributed by atoms with van der Waals surface area (Å²) < 4.78 is 26.3. The van der Waals surface area contributed by atoms with Gasteiger partial charge in [-0.3, -0.25) is 4.79 Å². The molecular weight excluding hydrogens is 286 g/mol. The minimum absolute atomic E-state index is 0.0636. The van der Waals surface area contributed by atoms with E-state index in [1.54, 1.807) is 0 Å². The highest BCUT2D eigenvalue weighted by molar-refractivity contribution is 6.33. The zero-order valence-electron chi connectivity index (χ0n) is 10.1. The molecule has 2 aromatic rings. The van der Waals surface area contributed by atoms with Gasteiger partial charge >= 0.3 is 0 Å². The van der Waals surface area contributed by atoms with E-state index < -0.39 is 17.5 Å². The van der Waals surface area contributed by atoms with E-state index in [1.807, 2.05) is 0 Å². The number of benzene rings is 2. The van der Waals surface area contributed by atoms with Gasteiger partial charge in [0.15, 0.2) is 0 Å². The summed E-state index contributed by atoms with van der Waals surface area (Å²) in [5.41, 5.74) is 2.34. The van der Waals surface area contributed by atoms with Crippen molar-refractivity contribution in [2.45, 2.75) is 0 Å². The molecule has 0 aliphatic heterocycles. The maximum atomic E-state index is 13.4. The first-order valence-corrected chi connectivity index (χ1v) is 5.98. The van der Waals surface area contributed by atoms with Gasteiger partial charge in [-0.25, -0.2) is 14.2 Å². The van der Waals surface area contributed by atoms with Crippen molar-refractivity contribution in [3.63, 3.8) is 0 Å². The van der Waals surface area contributed by atoms with E-state index in [2.05, 4.69) is 10.5 Å². The van der Waals surface area contributed by atoms with Gasteiger partial charge in [-0.05, 0) is 30.3 Å². The predicted molar refractivity (Wildman–Crippen MR) is 72.9 cm³/mol. The Kier molecular flexibility index (Phi) is 4.42. The number of carbonyl (C=O) groups excluding carboxylic acids is 1. The molecular formula is C14H9ClF2N2O. The SMILES string of the molecule is O=C(NN=Cc1c(F)cccc1Cl)c1cccc(F)c1. The number of hydrogen-bond donors (Lipinski definition) is 1. The average Bonchev–Trinajstić information content (AvgIpc) is 2.42. The van der Waals surface area contributed by atoms with Crippen LogP contribution in [0.4, 0.5) is 8.78 Å². The van der Waals surface area contributed by atoms with Crippen LogP contribution >= 0.6 is 11.6 Å². The highest BCUT2D eigenvalue weighted by atomic mass is 35.5. The van der Waals surface area contributed by atoms with Crippen molar-refractivity contribution in [3.8, 4) is 0 Å². The Bertz CT molecular complexity index is 654. The van der Waals surface area contributed by atoms with E-state index in [4.69, 9.17) is 11.6 Å². The molecule has 0 fully saturated rings. The Labute approximate surface area is 118 Å². The summed E-state index contributed by atoms with van der Waals surface area (Å²) in [6.07, 6.45) is 1.09. The Hall–Kier alpha value is -2.27. The molecule has 0 unspecified atom stereocenters. The first-order valence-electron chi connectivity index (χ1n) is 5.61. The number of halogens is 3. The van der Waals surface area contributed by atoms with Gasteiger partial charge in [0, 0.05) is 11.1 Å². The van der Waals surface area contributed by atoms with Crippen molar-refractivity contribution in [1.82, 2.24) is 5.43 Å². The van der Waals surface area contributed by atoms with Crippen LogP contribution in [0.5, 0.6) is 0 Å². The van der Waals surface area contributed by atoms with Crippen molar-refractivity contribution >= 4 is 23.7 Å². The average molecular weight is 295 g/mol. The zero-order chi connectivity index (χ0) is 14.5. The number of hydrogen-bond acceptors (Lipinski definition) is 2. The van der Waals surface area contributed by atoms with Crippen molar-refractivity contribution in [2.24, 2.45) is 5.10 Å². The summed E-state index contributed by atoms with van der Waals surface area (Å²) in [6.45, 7) is 0. The molecule has 0 saturated heterocycles. The number of rotatable bonds is 3. The molecule has 1 amide bonds. The molecule has 3 nitrogen and oxygen atoms in total. The molecule has 0 saturated carbocycles. The first-order chi connectivity index (χ1) is 9.58. The fourth-order valence-electron chi connectivity index (χ4n) is 1.48. The molecule has 6 heteroatoms. The van der Waals surface area contributed by atoms with E-state index in [0.717, 1.165) is 12.3 Å². The van der Waals surface area contributed by atoms with E-state index in [-0.39, 0.29) is 16.1 Å². The molecule has 0 aromatic heterocycles. The van der Waals surface area contributed by atoms with Crippen LogP contribution in [-0.4, -0.2) is 12.1 Å². The predicted octanol–water partition coefficient (Wildman–Crippen LogP) is 3.38. The lowest BCUT2D eigenvalue weighted by molar-refractivity contribution is 0.0954. The molecule has 1 N–H and O–H groups in total. The van der Waals surface area contributed by atoms with Crippen LogP contribution in [-0.2, 0) is 0 Å². The van der Waals surface area contributed by atoms with E-state index >= 15 is 0 Å². The molecule has 0 radical (unpaired) electrons. The number of amides is 1. The highest BCUT2D eigenvalue weighted by Gasteiger charge is 2.06. The highest BCUT2D eigenvalue weighted by Crippen LogP contribution is 2.16. The monoisotopic (exact) mass is 294 g/mol. The summed E-state index contributed by atoms with van der Waals surface area (Å²) in [6, 6.07) is 9.31. The summed E-state index contributed by atoms with van der Waals surface area (Å²) in [4.78, 5) is 11.6. The Morgan fingerprint density at radius 1 is 1.20 bits per heavy atom. The molecule has 0 aliphatic carbocycles.